The molecule has 2 aromatic rings. The molecule has 1 aromatic carbocycles. The van der Waals surface area contributed by atoms with E-state index >= 15 is 0 Å². The fourth-order valence-electron chi connectivity index (χ4n) is 1.96. The van der Waals surface area contributed by atoms with Gasteiger partial charge in [0.05, 0.1) is 11.4 Å². The summed E-state index contributed by atoms with van der Waals surface area (Å²) in [4.78, 5) is 8.47. The van der Waals surface area contributed by atoms with E-state index < -0.39 is 10.0 Å². The van der Waals surface area contributed by atoms with E-state index in [1.54, 1.807) is 24.4 Å². The molecule has 0 radical (unpaired) electrons. The van der Waals surface area contributed by atoms with Crippen LogP contribution >= 0.6 is 0 Å². The van der Waals surface area contributed by atoms with Crippen LogP contribution in [0.25, 0.3) is 0 Å². The predicted molar refractivity (Wildman–Crippen MR) is 85.9 cm³/mol. The number of aryl methyl sites for hydroxylation is 1. The second kappa shape index (κ2) is 6.14. The fraction of sp³-hybridized carbons (Fsp3) is 0.375. The van der Waals surface area contributed by atoms with Gasteiger partial charge in [-0.05, 0) is 36.1 Å². The third kappa shape index (κ3) is 4.11. The molecule has 0 saturated heterocycles. The fourth-order valence-corrected chi connectivity index (χ4v) is 2.94. The number of nitrogens with one attached hydrogen (secondary N) is 1. The van der Waals surface area contributed by atoms with Crippen LogP contribution in [0.3, 0.4) is 0 Å². The van der Waals surface area contributed by atoms with E-state index in [0.29, 0.717) is 5.82 Å². The molecular weight excluding hydrogens is 298 g/mol. The average Bonchev–Trinajstić information content (AvgIpc) is 2.45. The summed E-state index contributed by atoms with van der Waals surface area (Å²) < 4.78 is 27.1. The molecule has 0 unspecified atom stereocenters. The molecule has 5 nitrogen and oxygen atoms in total. The van der Waals surface area contributed by atoms with Gasteiger partial charge in [-0.1, -0.05) is 32.9 Å². The number of nitrogens with zero attached hydrogens (tertiary/aromatic N) is 2. The predicted octanol–water partition coefficient (Wildman–Crippen LogP) is 2.56. The first-order valence-corrected chi connectivity index (χ1v) is 8.55. The number of benzene rings is 1. The number of hydrogen-bond acceptors (Lipinski definition) is 4. The minimum atomic E-state index is -3.56. The van der Waals surface area contributed by atoms with Gasteiger partial charge >= 0.3 is 0 Å². The maximum Gasteiger partial charge on any atom is 0.240 e. The Labute approximate surface area is 131 Å². The van der Waals surface area contributed by atoms with Gasteiger partial charge in [0.25, 0.3) is 0 Å². The first kappa shape index (κ1) is 16.6. The Bertz CT molecular complexity index is 748. The van der Waals surface area contributed by atoms with E-state index in [-0.39, 0.29) is 16.9 Å². The van der Waals surface area contributed by atoms with Crippen molar-refractivity contribution in [3.63, 3.8) is 0 Å². The highest BCUT2D eigenvalue weighted by Gasteiger charge is 2.17. The van der Waals surface area contributed by atoms with Gasteiger partial charge in [0.15, 0.2) is 0 Å². The summed E-state index contributed by atoms with van der Waals surface area (Å²) in [5.74, 6) is 0.454. The van der Waals surface area contributed by atoms with Crippen molar-refractivity contribution in [1.29, 1.82) is 0 Å². The van der Waals surface area contributed by atoms with Crippen LogP contribution in [0.15, 0.2) is 41.4 Å². The van der Waals surface area contributed by atoms with Gasteiger partial charge in [-0.15, -0.1) is 0 Å². The number of aromatic nitrogens is 2. The summed E-state index contributed by atoms with van der Waals surface area (Å²) in [5.41, 5.74) is 1.89. The summed E-state index contributed by atoms with van der Waals surface area (Å²) in [6, 6.07) is 8.71. The van der Waals surface area contributed by atoms with E-state index in [9.17, 15) is 8.42 Å². The van der Waals surface area contributed by atoms with E-state index in [1.165, 1.54) is 0 Å². The molecule has 118 valence electrons. The van der Waals surface area contributed by atoms with Crippen LogP contribution in [0.1, 0.15) is 37.9 Å². The van der Waals surface area contributed by atoms with Gasteiger partial charge < -0.3 is 0 Å². The average molecular weight is 319 g/mol. The smallest absolute Gasteiger partial charge is 0.240 e. The third-order valence-electron chi connectivity index (χ3n) is 3.30. The first-order valence-electron chi connectivity index (χ1n) is 7.07. The van der Waals surface area contributed by atoms with Gasteiger partial charge in [-0.3, -0.25) is 0 Å². The molecule has 0 bridgehead atoms. The van der Waals surface area contributed by atoms with Crippen molar-refractivity contribution in [3.05, 3.63) is 53.6 Å². The summed E-state index contributed by atoms with van der Waals surface area (Å²) in [6.07, 6.45) is 1.62. The molecule has 0 aliphatic heterocycles. The summed E-state index contributed by atoms with van der Waals surface area (Å²) in [6.45, 7) is 8.17. The third-order valence-corrected chi connectivity index (χ3v) is 4.71. The van der Waals surface area contributed by atoms with Gasteiger partial charge in [-0.25, -0.2) is 23.1 Å². The highest BCUT2D eigenvalue weighted by atomic mass is 32.2. The largest absolute Gasteiger partial charge is 0.240 e. The Morgan fingerprint density at radius 2 is 1.73 bits per heavy atom. The van der Waals surface area contributed by atoms with Crippen LogP contribution in [-0.4, -0.2) is 18.4 Å². The zero-order valence-corrected chi connectivity index (χ0v) is 14.1. The van der Waals surface area contributed by atoms with Crippen molar-refractivity contribution in [1.82, 2.24) is 14.7 Å². The van der Waals surface area contributed by atoms with Crippen molar-refractivity contribution in [2.24, 2.45) is 0 Å². The van der Waals surface area contributed by atoms with Crippen molar-refractivity contribution in [2.75, 3.05) is 0 Å². The molecule has 0 atom stereocenters. The lowest BCUT2D eigenvalue weighted by molar-refractivity contribution is 0.576. The van der Waals surface area contributed by atoms with E-state index in [2.05, 4.69) is 35.5 Å². The summed E-state index contributed by atoms with van der Waals surface area (Å²) >= 11 is 0. The van der Waals surface area contributed by atoms with Crippen molar-refractivity contribution in [3.8, 4) is 0 Å². The second-order valence-electron chi connectivity index (χ2n) is 6.21. The zero-order valence-electron chi connectivity index (χ0n) is 13.3. The molecule has 0 aliphatic carbocycles. The molecule has 0 spiro atoms. The van der Waals surface area contributed by atoms with Crippen molar-refractivity contribution >= 4 is 10.0 Å². The Hall–Kier alpha value is -1.79. The molecule has 22 heavy (non-hydrogen) atoms. The Morgan fingerprint density at radius 3 is 2.27 bits per heavy atom. The second-order valence-corrected chi connectivity index (χ2v) is 7.98. The van der Waals surface area contributed by atoms with Crippen LogP contribution in [0.5, 0.6) is 0 Å². The highest BCUT2D eigenvalue weighted by molar-refractivity contribution is 7.89. The molecule has 1 aromatic heterocycles. The van der Waals surface area contributed by atoms with Crippen molar-refractivity contribution in [2.45, 2.75) is 44.6 Å². The zero-order chi connectivity index (χ0) is 16.4. The normalized spacial score (nSPS) is 12.4. The van der Waals surface area contributed by atoms with E-state index in [4.69, 9.17) is 0 Å². The molecular formula is C16H21N3O2S. The van der Waals surface area contributed by atoms with Crippen LogP contribution in [-0.2, 0) is 22.0 Å². The Balaban J connectivity index is 2.13. The van der Waals surface area contributed by atoms with Gasteiger partial charge in [-0.2, -0.15) is 0 Å². The van der Waals surface area contributed by atoms with Gasteiger partial charge in [0.1, 0.15) is 5.82 Å². The number of hydrogen-bond donors (Lipinski definition) is 1. The molecule has 0 fully saturated rings. The first-order chi connectivity index (χ1) is 10.2. The monoisotopic (exact) mass is 319 g/mol. The Morgan fingerprint density at radius 1 is 1.09 bits per heavy atom. The molecule has 2 rings (SSSR count). The summed E-state index contributed by atoms with van der Waals surface area (Å²) in [7, 11) is -3.56. The maximum absolute atomic E-state index is 12.3. The van der Waals surface area contributed by atoms with Gasteiger partial charge in [0.2, 0.25) is 10.0 Å². The Kier molecular flexibility index (Phi) is 4.63. The molecule has 1 heterocycles. The quantitative estimate of drug-likeness (QED) is 0.940. The SMILES string of the molecule is Cc1ccnc(CNS(=O)(=O)c2ccc(C(C)(C)C)cc2)n1. The van der Waals surface area contributed by atoms with Crippen LogP contribution in [0, 0.1) is 6.92 Å². The minimum Gasteiger partial charge on any atom is -0.240 e. The molecule has 0 amide bonds. The van der Waals surface area contributed by atoms with Gasteiger partial charge in [0, 0.05) is 11.9 Å². The minimum absolute atomic E-state index is 0.00880. The van der Waals surface area contributed by atoms with Crippen LogP contribution in [0.2, 0.25) is 0 Å². The standard InChI is InChI=1S/C16H21N3O2S/c1-12-9-10-17-15(19-12)11-18-22(20,21)14-7-5-13(6-8-14)16(2,3)4/h5-10,18H,11H2,1-4H3. The number of rotatable bonds is 4. The molecule has 0 aliphatic rings. The van der Waals surface area contributed by atoms with Crippen LogP contribution < -0.4 is 4.72 Å². The van der Waals surface area contributed by atoms with E-state index in [0.717, 1.165) is 11.3 Å². The lowest BCUT2D eigenvalue weighted by Crippen LogP contribution is -2.24. The molecule has 0 saturated carbocycles. The maximum atomic E-state index is 12.3. The topological polar surface area (TPSA) is 72.0 Å². The van der Waals surface area contributed by atoms with E-state index in [1.807, 2.05) is 19.1 Å². The number of sulfonamides is 1. The highest BCUT2D eigenvalue weighted by Crippen LogP contribution is 2.23. The molecule has 6 heteroatoms. The lowest BCUT2D eigenvalue weighted by atomic mass is 9.87. The van der Waals surface area contributed by atoms with Crippen LogP contribution in [0.4, 0.5) is 0 Å². The summed E-state index contributed by atoms with van der Waals surface area (Å²) in [5, 5.41) is 0. The molecule has 1 N–H and O–H groups in total. The lowest BCUT2D eigenvalue weighted by Gasteiger charge is -2.19. The van der Waals surface area contributed by atoms with Crippen molar-refractivity contribution < 1.29 is 8.42 Å².